The minimum Gasteiger partial charge on any atom is -0.504 e. The first-order chi connectivity index (χ1) is 7.02. The molecule has 0 bridgehead atoms. The summed E-state index contributed by atoms with van der Waals surface area (Å²) >= 11 is 3.19. The fourth-order valence-electron chi connectivity index (χ4n) is 1.37. The molecule has 0 spiro atoms. The molecule has 1 unspecified atom stereocenters. The van der Waals surface area contributed by atoms with Crippen LogP contribution in [-0.2, 0) is 0 Å². The highest BCUT2D eigenvalue weighted by atomic mass is 79.9. The molecule has 1 rings (SSSR count). The largest absolute Gasteiger partial charge is 0.504 e. The van der Waals surface area contributed by atoms with E-state index in [1.807, 2.05) is 0 Å². The van der Waals surface area contributed by atoms with Crippen LogP contribution in [0.5, 0.6) is 11.5 Å². The zero-order valence-corrected chi connectivity index (χ0v) is 10.1. The minimum absolute atomic E-state index is 0.145. The summed E-state index contributed by atoms with van der Waals surface area (Å²) in [6.07, 6.45) is 0. The average Bonchev–Trinajstić information content (AvgIpc) is 2.17. The van der Waals surface area contributed by atoms with Gasteiger partial charge in [-0.2, -0.15) is 0 Å². The quantitative estimate of drug-likeness (QED) is 0.892. The third-order valence-electron chi connectivity index (χ3n) is 2.24. The van der Waals surface area contributed by atoms with Crippen molar-refractivity contribution in [3.05, 3.63) is 21.9 Å². The highest BCUT2D eigenvalue weighted by Gasteiger charge is 2.20. The normalized spacial score (nSPS) is 12.6. The molecular weight excluding hydrogens is 265 g/mol. The van der Waals surface area contributed by atoms with Gasteiger partial charge in [0.25, 0.3) is 0 Å². The van der Waals surface area contributed by atoms with E-state index in [4.69, 9.17) is 10.5 Å². The number of rotatable bonds is 3. The first kappa shape index (κ1) is 12.3. The summed E-state index contributed by atoms with van der Waals surface area (Å²) in [5.41, 5.74) is 5.90. The number of ether oxygens (including phenoxy) is 1. The summed E-state index contributed by atoms with van der Waals surface area (Å²) < 4.78 is 19.1. The fourth-order valence-corrected chi connectivity index (χ4v) is 2.15. The van der Waals surface area contributed by atoms with Gasteiger partial charge in [0, 0.05) is 10.0 Å². The molecule has 0 amide bonds. The lowest BCUT2D eigenvalue weighted by Crippen LogP contribution is -2.11. The van der Waals surface area contributed by atoms with Crippen molar-refractivity contribution < 1.29 is 14.2 Å². The Morgan fingerprint density at radius 1 is 1.67 bits per heavy atom. The molecule has 84 valence electrons. The third kappa shape index (κ3) is 2.23. The number of hydrogen-bond acceptors (Lipinski definition) is 3. The predicted molar refractivity (Wildman–Crippen MR) is 59.8 cm³/mol. The summed E-state index contributed by atoms with van der Waals surface area (Å²) in [6.45, 7) is 2.13. The van der Waals surface area contributed by atoms with E-state index >= 15 is 0 Å². The molecule has 0 heterocycles. The van der Waals surface area contributed by atoms with Gasteiger partial charge in [-0.1, -0.05) is 22.9 Å². The van der Waals surface area contributed by atoms with Crippen LogP contribution in [0.25, 0.3) is 0 Å². The molecule has 3 nitrogen and oxygen atoms in total. The standard InChI is InChI=1S/C10H13BrFNO2/c1-5(4-13)8-6(11)3-7(14)10(15-2)9(8)12/h3,5,14H,4,13H2,1-2H3. The third-order valence-corrected chi connectivity index (χ3v) is 2.90. The van der Waals surface area contributed by atoms with Crippen molar-refractivity contribution in [3.63, 3.8) is 0 Å². The molecule has 1 aromatic rings. The lowest BCUT2D eigenvalue weighted by Gasteiger charge is -2.15. The zero-order valence-electron chi connectivity index (χ0n) is 8.55. The molecule has 0 aliphatic carbocycles. The lowest BCUT2D eigenvalue weighted by atomic mass is 10.00. The van der Waals surface area contributed by atoms with E-state index in [2.05, 4.69) is 15.9 Å². The number of methoxy groups -OCH3 is 1. The number of halogens is 2. The monoisotopic (exact) mass is 277 g/mol. The van der Waals surface area contributed by atoms with Crippen LogP contribution in [-0.4, -0.2) is 18.8 Å². The van der Waals surface area contributed by atoms with Gasteiger partial charge in [0.15, 0.2) is 17.3 Å². The molecule has 0 aliphatic heterocycles. The van der Waals surface area contributed by atoms with Gasteiger partial charge in [-0.3, -0.25) is 0 Å². The Balaban J connectivity index is 3.38. The molecule has 0 saturated carbocycles. The number of benzene rings is 1. The smallest absolute Gasteiger partial charge is 0.196 e. The Morgan fingerprint density at radius 2 is 2.27 bits per heavy atom. The van der Waals surface area contributed by atoms with Crippen LogP contribution in [0.1, 0.15) is 18.4 Å². The van der Waals surface area contributed by atoms with E-state index in [9.17, 15) is 9.50 Å². The Kier molecular flexibility index (Phi) is 3.93. The number of nitrogens with two attached hydrogens (primary N) is 1. The lowest BCUT2D eigenvalue weighted by molar-refractivity contribution is 0.348. The van der Waals surface area contributed by atoms with Gasteiger partial charge in [0.2, 0.25) is 0 Å². The molecule has 0 aliphatic rings. The van der Waals surface area contributed by atoms with Crippen molar-refractivity contribution in [2.24, 2.45) is 5.73 Å². The van der Waals surface area contributed by atoms with Crippen LogP contribution < -0.4 is 10.5 Å². The van der Waals surface area contributed by atoms with Gasteiger partial charge in [-0.05, 0) is 18.5 Å². The summed E-state index contributed by atoms with van der Waals surface area (Å²) in [4.78, 5) is 0. The maximum Gasteiger partial charge on any atom is 0.196 e. The van der Waals surface area contributed by atoms with Crippen molar-refractivity contribution in [3.8, 4) is 11.5 Å². The Morgan fingerprint density at radius 3 is 2.73 bits per heavy atom. The molecule has 0 radical (unpaired) electrons. The second-order valence-electron chi connectivity index (χ2n) is 3.28. The van der Waals surface area contributed by atoms with Gasteiger partial charge in [-0.15, -0.1) is 0 Å². The second-order valence-corrected chi connectivity index (χ2v) is 4.13. The van der Waals surface area contributed by atoms with Crippen molar-refractivity contribution in [1.29, 1.82) is 0 Å². The van der Waals surface area contributed by atoms with Crippen molar-refractivity contribution in [2.45, 2.75) is 12.8 Å². The van der Waals surface area contributed by atoms with Crippen LogP contribution >= 0.6 is 15.9 Å². The topological polar surface area (TPSA) is 55.5 Å². The maximum atomic E-state index is 13.9. The van der Waals surface area contributed by atoms with E-state index in [-0.39, 0.29) is 17.4 Å². The Bertz CT molecular complexity index is 371. The van der Waals surface area contributed by atoms with Gasteiger partial charge < -0.3 is 15.6 Å². The highest BCUT2D eigenvalue weighted by Crippen LogP contribution is 2.39. The van der Waals surface area contributed by atoms with E-state index in [1.165, 1.54) is 13.2 Å². The second kappa shape index (κ2) is 4.81. The molecule has 0 saturated heterocycles. The van der Waals surface area contributed by atoms with E-state index in [1.54, 1.807) is 6.92 Å². The van der Waals surface area contributed by atoms with Crippen molar-refractivity contribution in [2.75, 3.05) is 13.7 Å². The molecule has 0 fully saturated rings. The molecule has 1 atom stereocenters. The number of hydrogen-bond donors (Lipinski definition) is 2. The van der Waals surface area contributed by atoms with Crippen molar-refractivity contribution >= 4 is 15.9 Å². The molecule has 1 aromatic carbocycles. The molecule has 0 aromatic heterocycles. The van der Waals surface area contributed by atoms with Crippen LogP contribution in [0.3, 0.4) is 0 Å². The van der Waals surface area contributed by atoms with Crippen LogP contribution in [0.2, 0.25) is 0 Å². The fraction of sp³-hybridized carbons (Fsp3) is 0.400. The Labute approximate surface area is 96.2 Å². The summed E-state index contributed by atoms with van der Waals surface area (Å²) in [5.74, 6) is -1.08. The zero-order chi connectivity index (χ0) is 11.6. The summed E-state index contributed by atoms with van der Waals surface area (Å²) in [7, 11) is 1.31. The van der Waals surface area contributed by atoms with Crippen LogP contribution in [0.4, 0.5) is 4.39 Å². The molecule has 3 N–H and O–H groups in total. The summed E-state index contributed by atoms with van der Waals surface area (Å²) in [5, 5.41) is 9.42. The minimum atomic E-state index is -0.567. The van der Waals surface area contributed by atoms with Gasteiger partial charge in [0.1, 0.15) is 0 Å². The SMILES string of the molecule is COc1c(O)cc(Br)c(C(C)CN)c1F. The number of phenols is 1. The predicted octanol–water partition coefficient (Wildman–Crippen LogP) is 2.36. The number of aromatic hydroxyl groups is 1. The van der Waals surface area contributed by atoms with Gasteiger partial charge >= 0.3 is 0 Å². The van der Waals surface area contributed by atoms with E-state index in [0.717, 1.165) is 0 Å². The van der Waals surface area contributed by atoms with Gasteiger partial charge in [-0.25, -0.2) is 4.39 Å². The average molecular weight is 278 g/mol. The van der Waals surface area contributed by atoms with E-state index < -0.39 is 5.82 Å². The van der Waals surface area contributed by atoms with E-state index in [0.29, 0.717) is 16.6 Å². The molecule has 15 heavy (non-hydrogen) atoms. The maximum absolute atomic E-state index is 13.9. The summed E-state index contributed by atoms with van der Waals surface area (Å²) in [6, 6.07) is 1.41. The highest BCUT2D eigenvalue weighted by molar-refractivity contribution is 9.10. The van der Waals surface area contributed by atoms with Crippen molar-refractivity contribution in [1.82, 2.24) is 0 Å². The first-order valence-corrected chi connectivity index (χ1v) is 5.27. The molecule has 5 heteroatoms. The van der Waals surface area contributed by atoms with Crippen LogP contribution in [0, 0.1) is 5.82 Å². The van der Waals surface area contributed by atoms with Gasteiger partial charge in [0.05, 0.1) is 7.11 Å². The molecular formula is C10H13BrFNO2. The van der Waals surface area contributed by atoms with Crippen LogP contribution in [0.15, 0.2) is 10.5 Å². The first-order valence-electron chi connectivity index (χ1n) is 4.47. The Hall–Kier alpha value is -0.810. The number of phenolic OH excluding ortho intramolecular Hbond substituents is 1.